The summed E-state index contributed by atoms with van der Waals surface area (Å²) in [6, 6.07) is 0. The van der Waals surface area contributed by atoms with E-state index < -0.39 is 0 Å². The second-order valence-electron chi connectivity index (χ2n) is 5.23. The van der Waals surface area contributed by atoms with Gasteiger partial charge in [-0.15, -0.1) is 0 Å². The Morgan fingerprint density at radius 3 is 2.50 bits per heavy atom. The fourth-order valence-electron chi connectivity index (χ4n) is 1.42. The number of hydrogen-bond donors (Lipinski definition) is 1. The van der Waals surface area contributed by atoms with E-state index in [9.17, 15) is 9.59 Å². The van der Waals surface area contributed by atoms with E-state index in [2.05, 4.69) is 5.32 Å². The Morgan fingerprint density at radius 1 is 1.38 bits per heavy atom. The van der Waals surface area contributed by atoms with Gasteiger partial charge in [0.2, 0.25) is 11.8 Å². The van der Waals surface area contributed by atoms with Crippen LogP contribution in [-0.2, 0) is 9.59 Å². The summed E-state index contributed by atoms with van der Waals surface area (Å²) in [6.07, 6.45) is 0. The lowest BCUT2D eigenvalue weighted by Gasteiger charge is -2.32. The van der Waals surface area contributed by atoms with Gasteiger partial charge in [0.1, 0.15) is 0 Å². The second kappa shape index (κ2) is 4.82. The zero-order valence-corrected chi connectivity index (χ0v) is 10.5. The lowest BCUT2D eigenvalue weighted by atomic mass is 10.1. The van der Waals surface area contributed by atoms with Crippen molar-refractivity contribution >= 4 is 11.8 Å². The third kappa shape index (κ3) is 3.81. The monoisotopic (exact) mass is 227 g/mol. The Bertz CT molecular complexity index is 283. The van der Waals surface area contributed by atoms with Gasteiger partial charge in [-0.2, -0.15) is 0 Å². The largest absolute Gasteiger partial charge is 0.342 e. The molecule has 1 N–H and O–H groups in total. The van der Waals surface area contributed by atoms with E-state index in [-0.39, 0.29) is 23.9 Å². The van der Waals surface area contributed by atoms with Gasteiger partial charge < -0.3 is 15.1 Å². The van der Waals surface area contributed by atoms with E-state index in [0.29, 0.717) is 19.6 Å². The molecule has 0 aromatic carbocycles. The van der Waals surface area contributed by atoms with E-state index >= 15 is 0 Å². The molecule has 0 atom stereocenters. The van der Waals surface area contributed by atoms with E-state index in [1.807, 2.05) is 20.8 Å². The Kier molecular flexibility index (Phi) is 3.91. The maximum Gasteiger partial charge on any atom is 0.241 e. The standard InChI is InChI=1S/C11H21N3O2/c1-11(2,3)12-7-9(15)14-6-5-13(4)10(16)8-14/h12H,5-8H2,1-4H3. The first-order valence-electron chi connectivity index (χ1n) is 5.56. The Hall–Kier alpha value is -1.10. The predicted octanol–water partition coefficient (Wildman–Crippen LogP) is -0.325. The molecular weight excluding hydrogens is 206 g/mol. The molecule has 0 unspecified atom stereocenters. The molecule has 0 bridgehead atoms. The van der Waals surface area contributed by atoms with Gasteiger partial charge in [0.25, 0.3) is 0 Å². The number of hydrogen-bond acceptors (Lipinski definition) is 3. The van der Waals surface area contributed by atoms with Gasteiger partial charge in [0, 0.05) is 25.7 Å². The number of carbonyl (C=O) groups is 2. The summed E-state index contributed by atoms with van der Waals surface area (Å²) < 4.78 is 0. The molecule has 92 valence electrons. The number of nitrogens with one attached hydrogen (secondary N) is 1. The molecule has 1 aliphatic heterocycles. The number of likely N-dealkylation sites (N-methyl/N-ethyl adjacent to an activating group) is 1. The number of carbonyl (C=O) groups excluding carboxylic acids is 2. The van der Waals surface area contributed by atoms with Crippen LogP contribution in [-0.4, -0.2) is 60.4 Å². The number of amides is 2. The summed E-state index contributed by atoms with van der Waals surface area (Å²) in [5.74, 6) is 0.00623. The summed E-state index contributed by atoms with van der Waals surface area (Å²) >= 11 is 0. The zero-order chi connectivity index (χ0) is 12.3. The van der Waals surface area contributed by atoms with Crippen LogP contribution in [0.2, 0.25) is 0 Å². The Balaban J connectivity index is 2.41. The molecule has 1 aliphatic rings. The van der Waals surface area contributed by atoms with E-state index in [4.69, 9.17) is 0 Å². The average Bonchev–Trinajstić information content (AvgIpc) is 2.17. The lowest BCUT2D eigenvalue weighted by molar-refractivity contribution is -0.143. The number of rotatable bonds is 2. The molecular formula is C11H21N3O2. The third-order valence-electron chi connectivity index (χ3n) is 2.58. The van der Waals surface area contributed by atoms with E-state index in [1.165, 1.54) is 0 Å². The topological polar surface area (TPSA) is 52.6 Å². The molecule has 1 saturated heterocycles. The maximum atomic E-state index is 11.8. The second-order valence-corrected chi connectivity index (χ2v) is 5.23. The zero-order valence-electron chi connectivity index (χ0n) is 10.5. The molecule has 1 heterocycles. The van der Waals surface area contributed by atoms with Gasteiger partial charge in [0.05, 0.1) is 13.1 Å². The van der Waals surface area contributed by atoms with Crippen LogP contribution in [0.5, 0.6) is 0 Å². The minimum absolute atomic E-state index is 0.00336. The minimum atomic E-state index is -0.0771. The lowest BCUT2D eigenvalue weighted by Crippen LogP contribution is -2.53. The average molecular weight is 227 g/mol. The smallest absolute Gasteiger partial charge is 0.241 e. The van der Waals surface area contributed by atoms with E-state index in [1.54, 1.807) is 16.8 Å². The van der Waals surface area contributed by atoms with Crippen LogP contribution in [0.4, 0.5) is 0 Å². The molecule has 1 rings (SSSR count). The van der Waals surface area contributed by atoms with Crippen LogP contribution in [0.3, 0.4) is 0 Å². The van der Waals surface area contributed by atoms with Crippen molar-refractivity contribution in [3.8, 4) is 0 Å². The number of piperazine rings is 1. The summed E-state index contributed by atoms with van der Waals surface area (Å²) in [6.45, 7) is 7.79. The van der Waals surface area contributed by atoms with Crippen molar-refractivity contribution in [2.75, 3.05) is 33.2 Å². The first kappa shape index (κ1) is 13.0. The molecule has 0 spiro atoms. The highest BCUT2D eigenvalue weighted by molar-refractivity contribution is 5.86. The quantitative estimate of drug-likeness (QED) is 0.703. The van der Waals surface area contributed by atoms with Gasteiger partial charge in [0.15, 0.2) is 0 Å². The van der Waals surface area contributed by atoms with Gasteiger partial charge in [-0.1, -0.05) is 0 Å². The van der Waals surface area contributed by atoms with Crippen molar-refractivity contribution in [3.63, 3.8) is 0 Å². The molecule has 5 nitrogen and oxygen atoms in total. The SMILES string of the molecule is CN1CCN(C(=O)CNC(C)(C)C)CC1=O. The van der Waals surface area contributed by atoms with Crippen molar-refractivity contribution in [2.45, 2.75) is 26.3 Å². The number of nitrogens with zero attached hydrogens (tertiary/aromatic N) is 2. The predicted molar refractivity (Wildman–Crippen MR) is 62.0 cm³/mol. The molecule has 2 amide bonds. The highest BCUT2D eigenvalue weighted by Crippen LogP contribution is 2.02. The van der Waals surface area contributed by atoms with Crippen molar-refractivity contribution in [3.05, 3.63) is 0 Å². The summed E-state index contributed by atoms with van der Waals surface area (Å²) in [4.78, 5) is 26.5. The molecule has 0 radical (unpaired) electrons. The third-order valence-corrected chi connectivity index (χ3v) is 2.58. The minimum Gasteiger partial charge on any atom is -0.342 e. The van der Waals surface area contributed by atoms with Crippen molar-refractivity contribution in [2.24, 2.45) is 0 Å². The van der Waals surface area contributed by atoms with Crippen LogP contribution < -0.4 is 5.32 Å². The van der Waals surface area contributed by atoms with Gasteiger partial charge in [-0.25, -0.2) is 0 Å². The molecule has 16 heavy (non-hydrogen) atoms. The van der Waals surface area contributed by atoms with Crippen molar-refractivity contribution in [1.82, 2.24) is 15.1 Å². The van der Waals surface area contributed by atoms with Gasteiger partial charge >= 0.3 is 0 Å². The van der Waals surface area contributed by atoms with E-state index in [0.717, 1.165) is 0 Å². The maximum absolute atomic E-state index is 11.8. The molecule has 0 aromatic heterocycles. The summed E-state index contributed by atoms with van der Waals surface area (Å²) in [5, 5.41) is 3.13. The van der Waals surface area contributed by atoms with Crippen LogP contribution in [0.15, 0.2) is 0 Å². The fraction of sp³-hybridized carbons (Fsp3) is 0.818. The van der Waals surface area contributed by atoms with Gasteiger partial charge in [-0.05, 0) is 20.8 Å². The molecule has 5 heteroatoms. The summed E-state index contributed by atoms with van der Waals surface area (Å²) in [7, 11) is 1.76. The Labute approximate surface area is 96.8 Å². The van der Waals surface area contributed by atoms with Crippen LogP contribution in [0.25, 0.3) is 0 Å². The van der Waals surface area contributed by atoms with Crippen molar-refractivity contribution in [1.29, 1.82) is 0 Å². The highest BCUT2D eigenvalue weighted by atomic mass is 16.2. The first-order chi connectivity index (χ1) is 7.29. The molecule has 1 fully saturated rings. The van der Waals surface area contributed by atoms with Crippen LogP contribution >= 0.6 is 0 Å². The molecule has 0 aromatic rings. The van der Waals surface area contributed by atoms with Crippen LogP contribution in [0, 0.1) is 0 Å². The van der Waals surface area contributed by atoms with Crippen molar-refractivity contribution < 1.29 is 9.59 Å². The van der Waals surface area contributed by atoms with Crippen LogP contribution in [0.1, 0.15) is 20.8 Å². The Morgan fingerprint density at radius 2 is 2.00 bits per heavy atom. The molecule has 0 aliphatic carbocycles. The molecule has 0 saturated carbocycles. The summed E-state index contributed by atoms with van der Waals surface area (Å²) in [5.41, 5.74) is -0.0771. The fourth-order valence-corrected chi connectivity index (χ4v) is 1.42. The first-order valence-corrected chi connectivity index (χ1v) is 5.56. The normalized spacial score (nSPS) is 17.9. The van der Waals surface area contributed by atoms with Gasteiger partial charge in [-0.3, -0.25) is 9.59 Å². The highest BCUT2D eigenvalue weighted by Gasteiger charge is 2.25.